The summed E-state index contributed by atoms with van der Waals surface area (Å²) in [5.41, 5.74) is 0.116. The molecule has 0 bridgehead atoms. The number of sulfone groups is 1. The van der Waals surface area contributed by atoms with Crippen LogP contribution in [0, 0.1) is 6.92 Å². The molecule has 1 aliphatic heterocycles. The number of hydrogen-bond acceptors (Lipinski definition) is 6. The Labute approximate surface area is 148 Å². The van der Waals surface area contributed by atoms with E-state index in [1.54, 1.807) is 19.1 Å². The van der Waals surface area contributed by atoms with Gasteiger partial charge in [-0.3, -0.25) is 9.36 Å². The van der Waals surface area contributed by atoms with E-state index in [0.717, 1.165) is 10.8 Å². The zero-order valence-corrected chi connectivity index (χ0v) is 15.0. The van der Waals surface area contributed by atoms with Crippen LogP contribution in [-0.2, 0) is 16.4 Å². The number of rotatable bonds is 3. The van der Waals surface area contributed by atoms with Crippen molar-refractivity contribution >= 4 is 32.4 Å². The quantitative estimate of drug-likeness (QED) is 0.699. The lowest BCUT2D eigenvalue weighted by Crippen LogP contribution is -2.27. The van der Waals surface area contributed by atoms with Crippen LogP contribution in [0.15, 0.2) is 57.3 Å². The van der Waals surface area contributed by atoms with Gasteiger partial charge >= 0.3 is 0 Å². The van der Waals surface area contributed by atoms with Gasteiger partial charge in [0.1, 0.15) is 5.69 Å². The summed E-state index contributed by atoms with van der Waals surface area (Å²) in [6.07, 6.45) is 0. The molecule has 1 unspecified atom stereocenters. The topological polar surface area (TPSA) is 81.9 Å². The molecule has 1 aromatic heterocycles. The Balaban J connectivity index is 1.61. The van der Waals surface area contributed by atoms with Crippen molar-refractivity contribution in [2.24, 2.45) is 0 Å². The van der Waals surface area contributed by atoms with Gasteiger partial charge < -0.3 is 0 Å². The van der Waals surface area contributed by atoms with Gasteiger partial charge in [-0.15, -0.1) is 10.2 Å². The van der Waals surface area contributed by atoms with Crippen LogP contribution in [0.3, 0.4) is 0 Å². The lowest BCUT2D eigenvalue weighted by Gasteiger charge is -2.10. The fourth-order valence-electron chi connectivity index (χ4n) is 2.92. The molecule has 1 atom stereocenters. The minimum Gasteiger partial charge on any atom is -0.283 e. The molecule has 0 saturated heterocycles. The van der Waals surface area contributed by atoms with Crippen molar-refractivity contribution in [3.63, 3.8) is 0 Å². The molecule has 2 aromatic carbocycles. The number of aromatic nitrogens is 3. The third-order valence-corrected chi connectivity index (χ3v) is 7.40. The Morgan fingerprint density at radius 2 is 1.92 bits per heavy atom. The highest BCUT2D eigenvalue weighted by Crippen LogP contribution is 2.31. The van der Waals surface area contributed by atoms with E-state index in [-0.39, 0.29) is 16.6 Å². The molecule has 0 saturated carbocycles. The second kappa shape index (κ2) is 5.96. The first-order chi connectivity index (χ1) is 11.9. The molecule has 6 nitrogen and oxygen atoms in total. The maximum atomic E-state index is 12.8. The van der Waals surface area contributed by atoms with Crippen molar-refractivity contribution < 1.29 is 8.42 Å². The summed E-state index contributed by atoms with van der Waals surface area (Å²) in [5, 5.41) is 9.94. The van der Waals surface area contributed by atoms with Gasteiger partial charge in [0.05, 0.1) is 10.6 Å². The van der Waals surface area contributed by atoms with Crippen molar-refractivity contribution in [3.05, 3.63) is 58.5 Å². The molecule has 3 aromatic rings. The summed E-state index contributed by atoms with van der Waals surface area (Å²) in [6.45, 7) is 1.94. The van der Waals surface area contributed by atoms with E-state index in [2.05, 4.69) is 10.2 Å². The number of benzene rings is 2. The maximum absolute atomic E-state index is 12.8. The number of aryl methyl sites for hydroxylation is 1. The van der Waals surface area contributed by atoms with E-state index in [0.29, 0.717) is 22.3 Å². The molecule has 0 radical (unpaired) electrons. The normalized spacial score (nSPS) is 16.9. The molecule has 8 heteroatoms. The molecule has 0 spiro atoms. The van der Waals surface area contributed by atoms with Crippen LogP contribution in [0.2, 0.25) is 0 Å². The predicted molar refractivity (Wildman–Crippen MR) is 96.7 cm³/mol. The summed E-state index contributed by atoms with van der Waals surface area (Å²) in [5.74, 6) is -0.0438. The number of hydrogen-bond donors (Lipinski definition) is 0. The summed E-state index contributed by atoms with van der Waals surface area (Å²) in [4.78, 5) is 12.4. The number of fused-ring (bicyclic) bond motifs is 2. The van der Waals surface area contributed by atoms with Crippen LogP contribution in [0.1, 0.15) is 5.69 Å². The number of thioether (sulfide) groups is 1. The lowest BCUT2D eigenvalue weighted by atomic mass is 10.1. The van der Waals surface area contributed by atoms with Gasteiger partial charge in [-0.25, -0.2) is 8.42 Å². The van der Waals surface area contributed by atoms with Crippen molar-refractivity contribution in [3.8, 4) is 0 Å². The summed E-state index contributed by atoms with van der Waals surface area (Å²) in [6, 6.07) is 12.8. The van der Waals surface area contributed by atoms with Crippen molar-refractivity contribution in [1.82, 2.24) is 14.8 Å². The average Bonchev–Trinajstić information content (AvgIpc) is 3.00. The highest BCUT2D eigenvalue weighted by atomic mass is 32.2. The zero-order chi connectivity index (χ0) is 17.6. The number of nitrogens with zero attached hydrogens (tertiary/aromatic N) is 3. The van der Waals surface area contributed by atoms with E-state index in [1.807, 2.05) is 30.3 Å². The largest absolute Gasteiger partial charge is 0.283 e. The average molecular weight is 373 g/mol. The Hall–Kier alpha value is -2.19. The van der Waals surface area contributed by atoms with Crippen LogP contribution in [-0.4, -0.2) is 34.2 Å². The first-order valence-electron chi connectivity index (χ1n) is 7.76. The molecule has 2 heterocycles. The molecule has 0 fully saturated rings. The van der Waals surface area contributed by atoms with Crippen LogP contribution < -0.4 is 5.56 Å². The summed E-state index contributed by atoms with van der Waals surface area (Å²) < 4.78 is 27.1. The van der Waals surface area contributed by atoms with Crippen LogP contribution in [0.25, 0.3) is 10.8 Å². The SMILES string of the molecule is Cc1nnc2n(c1=O)CC(CS(=O)(=O)c1ccc3ccccc3c1)S2. The highest BCUT2D eigenvalue weighted by molar-refractivity contribution is 8.01. The molecule has 0 amide bonds. The van der Waals surface area contributed by atoms with Crippen LogP contribution >= 0.6 is 11.8 Å². The fraction of sp³-hybridized carbons (Fsp3) is 0.235. The molecule has 25 heavy (non-hydrogen) atoms. The standard InChI is InChI=1S/C17H15N3O3S2/c1-11-16(21)20-9-14(24-17(20)19-18-11)10-25(22,23)15-7-6-12-4-2-3-5-13(12)8-15/h2-8,14H,9-10H2,1H3. The van der Waals surface area contributed by atoms with Crippen LogP contribution in [0.4, 0.5) is 0 Å². The Morgan fingerprint density at radius 3 is 2.72 bits per heavy atom. The van der Waals surface area contributed by atoms with Gasteiger partial charge in [-0.1, -0.05) is 42.1 Å². The van der Waals surface area contributed by atoms with Crippen LogP contribution in [0.5, 0.6) is 0 Å². The van der Waals surface area contributed by atoms with Gasteiger partial charge in [-0.05, 0) is 29.8 Å². The smallest absolute Gasteiger partial charge is 0.275 e. The third-order valence-electron chi connectivity index (χ3n) is 4.21. The van der Waals surface area contributed by atoms with Gasteiger partial charge in [0.2, 0.25) is 0 Å². The molecule has 4 rings (SSSR count). The Bertz CT molecular complexity index is 1140. The minimum absolute atomic E-state index is 0.0438. The molecule has 128 valence electrons. The van der Waals surface area contributed by atoms with Gasteiger partial charge in [0.15, 0.2) is 15.0 Å². The zero-order valence-electron chi connectivity index (χ0n) is 13.4. The van der Waals surface area contributed by atoms with Crippen molar-refractivity contribution in [1.29, 1.82) is 0 Å². The molecular formula is C17H15N3O3S2. The molecule has 1 aliphatic rings. The summed E-state index contributed by atoms with van der Waals surface area (Å²) in [7, 11) is -3.46. The van der Waals surface area contributed by atoms with E-state index < -0.39 is 9.84 Å². The van der Waals surface area contributed by atoms with Crippen molar-refractivity contribution in [2.45, 2.75) is 28.8 Å². The van der Waals surface area contributed by atoms with Gasteiger partial charge in [0.25, 0.3) is 5.56 Å². The molecule has 0 aliphatic carbocycles. The Morgan fingerprint density at radius 1 is 1.16 bits per heavy atom. The molecular weight excluding hydrogens is 358 g/mol. The predicted octanol–water partition coefficient (Wildman–Crippen LogP) is 2.05. The highest BCUT2D eigenvalue weighted by Gasteiger charge is 2.30. The Kier molecular flexibility index (Phi) is 3.88. The second-order valence-corrected chi connectivity index (χ2v) is 9.32. The van der Waals surface area contributed by atoms with Crippen molar-refractivity contribution in [2.75, 3.05) is 5.75 Å². The van der Waals surface area contributed by atoms with E-state index >= 15 is 0 Å². The van der Waals surface area contributed by atoms with E-state index in [9.17, 15) is 13.2 Å². The first-order valence-corrected chi connectivity index (χ1v) is 10.3. The third kappa shape index (κ3) is 2.96. The fourth-order valence-corrected chi connectivity index (χ4v) is 6.00. The molecule has 0 N–H and O–H groups in total. The van der Waals surface area contributed by atoms with E-state index in [1.165, 1.54) is 16.3 Å². The monoisotopic (exact) mass is 373 g/mol. The lowest BCUT2D eigenvalue weighted by molar-refractivity contribution is 0.571. The summed E-state index contributed by atoms with van der Waals surface area (Å²) >= 11 is 1.29. The second-order valence-electron chi connectivity index (χ2n) is 6.01. The maximum Gasteiger partial charge on any atom is 0.275 e. The van der Waals surface area contributed by atoms with E-state index in [4.69, 9.17) is 0 Å². The van der Waals surface area contributed by atoms with Gasteiger partial charge in [-0.2, -0.15) is 0 Å². The first kappa shape index (κ1) is 16.3. The van der Waals surface area contributed by atoms with Gasteiger partial charge in [0, 0.05) is 11.8 Å². The minimum atomic E-state index is -3.46.